The normalized spacial score (nSPS) is 21.7. The minimum absolute atomic E-state index is 0.308. The van der Waals surface area contributed by atoms with Crippen molar-refractivity contribution in [1.29, 1.82) is 0 Å². The molecule has 1 fully saturated rings. The van der Waals surface area contributed by atoms with E-state index in [1.807, 2.05) is 31.4 Å². The van der Waals surface area contributed by atoms with Gasteiger partial charge in [0, 0.05) is 24.5 Å². The molecule has 0 heterocycles. The van der Waals surface area contributed by atoms with Crippen molar-refractivity contribution >= 4 is 11.5 Å². The van der Waals surface area contributed by atoms with E-state index in [-0.39, 0.29) is 5.41 Å². The van der Waals surface area contributed by atoms with E-state index in [4.69, 9.17) is 0 Å². The zero-order valence-electron chi connectivity index (χ0n) is 15.5. The summed E-state index contributed by atoms with van der Waals surface area (Å²) in [5.41, 5.74) is 4.11. The number of nitrogens with zero attached hydrogens (tertiary/aromatic N) is 1. The number of hydrogen-bond acceptors (Lipinski definition) is 2. The van der Waals surface area contributed by atoms with Gasteiger partial charge < -0.3 is 4.90 Å². The number of Topliss-reactive ketones (excluding diaryl/α,β-unsaturated/α-hetero) is 1. The molecule has 1 aliphatic carbocycles. The number of carbonyl (C=O) groups excluding carboxylic acids is 1. The van der Waals surface area contributed by atoms with E-state index in [1.165, 1.54) is 11.1 Å². The van der Waals surface area contributed by atoms with Gasteiger partial charge in [0.15, 0.2) is 5.78 Å². The van der Waals surface area contributed by atoms with Crippen molar-refractivity contribution in [2.24, 2.45) is 0 Å². The summed E-state index contributed by atoms with van der Waals surface area (Å²) in [4.78, 5) is 15.5. The fourth-order valence-corrected chi connectivity index (χ4v) is 4.00. The lowest BCUT2D eigenvalue weighted by molar-refractivity contribution is -0.119. The maximum absolute atomic E-state index is 13.4. The van der Waals surface area contributed by atoms with Crippen molar-refractivity contribution in [1.82, 2.24) is 0 Å². The van der Waals surface area contributed by atoms with Crippen LogP contribution in [0.2, 0.25) is 0 Å². The van der Waals surface area contributed by atoms with Crippen molar-refractivity contribution in [3.05, 3.63) is 77.5 Å². The van der Waals surface area contributed by atoms with Crippen molar-refractivity contribution < 1.29 is 4.79 Å². The van der Waals surface area contributed by atoms with E-state index >= 15 is 0 Å². The molecule has 1 saturated carbocycles. The Bertz CT molecular complexity index is 778. The van der Waals surface area contributed by atoms with Gasteiger partial charge in [-0.1, -0.05) is 61.4 Å². The second-order valence-corrected chi connectivity index (χ2v) is 7.13. The average molecular weight is 333 g/mol. The van der Waals surface area contributed by atoms with Crippen molar-refractivity contribution in [3.63, 3.8) is 0 Å². The first kappa shape index (κ1) is 17.5. The van der Waals surface area contributed by atoms with Gasteiger partial charge in [-0.2, -0.15) is 0 Å². The Kier molecular flexibility index (Phi) is 5.08. The van der Waals surface area contributed by atoms with Crippen LogP contribution in [0.1, 0.15) is 43.7 Å². The highest BCUT2D eigenvalue weighted by atomic mass is 16.1. The lowest BCUT2D eigenvalue weighted by Gasteiger charge is -2.28. The number of carbonyl (C=O) groups is 1. The second-order valence-electron chi connectivity index (χ2n) is 7.13. The lowest BCUT2D eigenvalue weighted by atomic mass is 9.74. The highest BCUT2D eigenvalue weighted by molar-refractivity contribution is 6.06. The van der Waals surface area contributed by atoms with Gasteiger partial charge in [0.1, 0.15) is 0 Å². The highest BCUT2D eigenvalue weighted by Crippen LogP contribution is 2.44. The molecule has 0 saturated heterocycles. The first-order valence-corrected chi connectivity index (χ1v) is 9.17. The topological polar surface area (TPSA) is 20.3 Å². The summed E-state index contributed by atoms with van der Waals surface area (Å²) in [6.45, 7) is 4.27. The summed E-state index contributed by atoms with van der Waals surface area (Å²) in [7, 11) is 2.02. The number of benzene rings is 2. The minimum Gasteiger partial charge on any atom is -0.351 e. The summed E-state index contributed by atoms with van der Waals surface area (Å²) in [5.74, 6) is 0.308. The molecule has 0 aliphatic heterocycles. The van der Waals surface area contributed by atoms with Gasteiger partial charge in [-0.15, -0.1) is 0 Å². The summed E-state index contributed by atoms with van der Waals surface area (Å²) in [6, 6.07) is 18.7. The first-order valence-electron chi connectivity index (χ1n) is 9.17. The third-order valence-corrected chi connectivity index (χ3v) is 5.31. The molecule has 1 aliphatic rings. The number of allylic oxidation sites excluding steroid dienone is 1. The Morgan fingerprint density at radius 2 is 1.88 bits per heavy atom. The molecular formula is C23H27NO. The number of anilines is 1. The monoisotopic (exact) mass is 333 g/mol. The number of aryl methyl sites for hydroxylation is 1. The molecule has 2 nitrogen and oxygen atoms in total. The van der Waals surface area contributed by atoms with Crippen LogP contribution in [0, 0.1) is 6.92 Å². The van der Waals surface area contributed by atoms with E-state index in [0.29, 0.717) is 5.78 Å². The predicted octanol–water partition coefficient (Wildman–Crippen LogP) is 5.42. The Labute approximate surface area is 151 Å². The molecule has 2 aromatic rings. The molecule has 2 heteroatoms. The molecule has 0 aromatic heterocycles. The molecule has 0 radical (unpaired) electrons. The molecular weight excluding hydrogens is 306 g/mol. The van der Waals surface area contributed by atoms with E-state index in [0.717, 1.165) is 36.9 Å². The van der Waals surface area contributed by atoms with Crippen LogP contribution in [0.15, 0.2) is 66.4 Å². The number of ketones is 1. The molecule has 3 rings (SSSR count). The van der Waals surface area contributed by atoms with Crippen molar-refractivity contribution in [3.8, 4) is 0 Å². The van der Waals surface area contributed by atoms with E-state index in [2.05, 4.69) is 55.1 Å². The summed E-state index contributed by atoms with van der Waals surface area (Å²) in [5, 5.41) is 0. The predicted molar refractivity (Wildman–Crippen MR) is 105 cm³/mol. The van der Waals surface area contributed by atoms with E-state index in [1.54, 1.807) is 0 Å². The molecule has 0 spiro atoms. The lowest BCUT2D eigenvalue weighted by Crippen LogP contribution is -2.31. The number of hydrogen-bond donors (Lipinski definition) is 0. The minimum atomic E-state index is -0.343. The Morgan fingerprint density at radius 3 is 2.56 bits per heavy atom. The third kappa shape index (κ3) is 3.39. The zero-order valence-corrected chi connectivity index (χ0v) is 15.5. The molecule has 0 unspecified atom stereocenters. The Balaban J connectivity index is 1.94. The fraction of sp³-hybridized carbons (Fsp3) is 0.348. The van der Waals surface area contributed by atoms with Crippen LogP contribution < -0.4 is 4.90 Å². The zero-order chi connectivity index (χ0) is 17.9. The van der Waals surface area contributed by atoms with Crippen LogP contribution in [0.4, 0.5) is 5.69 Å². The summed E-state index contributed by atoms with van der Waals surface area (Å²) in [6.07, 6.45) is 5.73. The third-order valence-electron chi connectivity index (χ3n) is 5.31. The highest BCUT2D eigenvalue weighted by Gasteiger charge is 2.45. The van der Waals surface area contributed by atoms with Crippen molar-refractivity contribution in [2.45, 2.75) is 44.9 Å². The molecule has 1 atom stereocenters. The molecule has 2 aromatic carbocycles. The molecule has 130 valence electrons. The van der Waals surface area contributed by atoms with Gasteiger partial charge in [-0.3, -0.25) is 4.79 Å². The van der Waals surface area contributed by atoms with Crippen LogP contribution in [0.5, 0.6) is 0 Å². The molecule has 25 heavy (non-hydrogen) atoms. The summed E-state index contributed by atoms with van der Waals surface area (Å²) >= 11 is 0. The Morgan fingerprint density at radius 1 is 1.12 bits per heavy atom. The van der Waals surface area contributed by atoms with Crippen LogP contribution >= 0.6 is 0 Å². The quantitative estimate of drug-likeness (QED) is 0.681. The smallest absolute Gasteiger partial charge is 0.170 e. The van der Waals surface area contributed by atoms with Gasteiger partial charge in [0.05, 0.1) is 5.41 Å². The van der Waals surface area contributed by atoms with Crippen LogP contribution in [0.25, 0.3) is 0 Å². The maximum atomic E-state index is 13.4. The van der Waals surface area contributed by atoms with Crippen LogP contribution in [0.3, 0.4) is 0 Å². The first-order chi connectivity index (χ1) is 12.1. The molecule has 0 bridgehead atoms. The van der Waals surface area contributed by atoms with Gasteiger partial charge in [-0.05, 0) is 43.9 Å². The molecule has 0 amide bonds. The van der Waals surface area contributed by atoms with E-state index < -0.39 is 0 Å². The van der Waals surface area contributed by atoms with Crippen LogP contribution in [-0.4, -0.2) is 12.8 Å². The average Bonchev–Trinajstić information content (AvgIpc) is 2.93. The van der Waals surface area contributed by atoms with E-state index in [9.17, 15) is 4.79 Å². The van der Waals surface area contributed by atoms with Gasteiger partial charge in [-0.25, -0.2) is 0 Å². The van der Waals surface area contributed by atoms with Gasteiger partial charge in [0.2, 0.25) is 0 Å². The Hall–Kier alpha value is -2.35. The van der Waals surface area contributed by atoms with Gasteiger partial charge >= 0.3 is 0 Å². The largest absolute Gasteiger partial charge is 0.351 e. The maximum Gasteiger partial charge on any atom is 0.170 e. The number of rotatable bonds is 5. The second kappa shape index (κ2) is 7.26. The SMILES string of the molecule is CCC[C@]1(c2cccc(C)c2)CC/C(=C\N(C)c2ccccc2)C1=O. The van der Waals surface area contributed by atoms with Gasteiger partial charge in [0.25, 0.3) is 0 Å². The number of para-hydroxylation sites is 1. The molecule has 0 N–H and O–H groups in total. The fourth-order valence-electron chi connectivity index (χ4n) is 4.00. The van der Waals surface area contributed by atoms with Crippen LogP contribution in [-0.2, 0) is 10.2 Å². The summed E-state index contributed by atoms with van der Waals surface area (Å²) < 4.78 is 0. The standard InChI is InChI=1S/C23H27NO/c1-4-14-23(20-10-8-9-18(2)16-20)15-13-19(22(23)25)17-24(3)21-11-6-5-7-12-21/h5-12,16-17H,4,13-15H2,1-3H3/b19-17+/t23-/m1/s1. The van der Waals surface area contributed by atoms with Crippen molar-refractivity contribution in [2.75, 3.05) is 11.9 Å².